The number of hydrogen-bond acceptors (Lipinski definition) is 5. The third-order valence-electron chi connectivity index (χ3n) is 3.04. The summed E-state index contributed by atoms with van der Waals surface area (Å²) < 4.78 is 11.1. The van der Waals surface area contributed by atoms with E-state index < -0.39 is 0 Å². The molecule has 0 fully saturated rings. The summed E-state index contributed by atoms with van der Waals surface area (Å²) in [5.41, 5.74) is 3.03. The predicted octanol–water partition coefficient (Wildman–Crippen LogP) is 2.48. The van der Waals surface area contributed by atoms with Crippen LogP contribution in [0.15, 0.2) is 24.3 Å². The molecule has 1 aromatic carbocycles. The summed E-state index contributed by atoms with van der Waals surface area (Å²) >= 11 is 0. The number of aromatic nitrogens is 2. The third-order valence-corrected chi connectivity index (χ3v) is 3.04. The van der Waals surface area contributed by atoms with Gasteiger partial charge in [0.1, 0.15) is 13.2 Å². The van der Waals surface area contributed by atoms with Gasteiger partial charge in [-0.05, 0) is 37.6 Å². The molecule has 1 aromatic heterocycles. The Hall–Kier alpha value is -2.30. The molecule has 0 atom stereocenters. The molecule has 3 rings (SSSR count). The van der Waals surface area contributed by atoms with Crippen LogP contribution < -0.4 is 14.8 Å². The molecule has 5 heteroatoms. The first kappa shape index (κ1) is 12.7. The van der Waals surface area contributed by atoms with Crippen molar-refractivity contribution in [2.24, 2.45) is 0 Å². The lowest BCUT2D eigenvalue weighted by atomic mass is 10.2. The van der Waals surface area contributed by atoms with Crippen molar-refractivity contribution in [2.45, 2.75) is 20.4 Å². The normalized spacial score (nSPS) is 13.1. The van der Waals surface area contributed by atoms with Crippen molar-refractivity contribution in [3.63, 3.8) is 0 Å². The molecule has 104 valence electrons. The topological polar surface area (TPSA) is 56.3 Å². The van der Waals surface area contributed by atoms with E-state index in [4.69, 9.17) is 9.47 Å². The SMILES string of the molecule is Cc1cc(C)nc(NCc2ccc3c(c2)OCCO3)n1. The largest absolute Gasteiger partial charge is 0.486 e. The first-order chi connectivity index (χ1) is 9.70. The molecule has 0 unspecified atom stereocenters. The highest BCUT2D eigenvalue weighted by Gasteiger charge is 2.11. The second-order valence-corrected chi connectivity index (χ2v) is 4.81. The van der Waals surface area contributed by atoms with Gasteiger partial charge < -0.3 is 14.8 Å². The molecule has 1 aliphatic rings. The van der Waals surface area contributed by atoms with Crippen LogP contribution in [0.2, 0.25) is 0 Å². The van der Waals surface area contributed by atoms with E-state index in [-0.39, 0.29) is 0 Å². The van der Waals surface area contributed by atoms with Crippen LogP contribution in [0.5, 0.6) is 11.5 Å². The lowest BCUT2D eigenvalue weighted by Crippen LogP contribution is -2.15. The quantitative estimate of drug-likeness (QED) is 0.929. The Labute approximate surface area is 118 Å². The Morgan fingerprint density at radius 3 is 2.45 bits per heavy atom. The van der Waals surface area contributed by atoms with E-state index in [1.165, 1.54) is 0 Å². The van der Waals surface area contributed by atoms with Gasteiger partial charge in [0.2, 0.25) is 5.95 Å². The molecule has 5 nitrogen and oxygen atoms in total. The van der Waals surface area contributed by atoms with E-state index >= 15 is 0 Å². The Bertz CT molecular complexity index is 608. The summed E-state index contributed by atoms with van der Waals surface area (Å²) in [6.45, 7) is 5.79. The monoisotopic (exact) mass is 271 g/mol. The molecule has 0 amide bonds. The minimum absolute atomic E-state index is 0.601. The molecular formula is C15H17N3O2. The van der Waals surface area contributed by atoms with Crippen LogP contribution in [0.1, 0.15) is 17.0 Å². The number of hydrogen-bond donors (Lipinski definition) is 1. The fourth-order valence-corrected chi connectivity index (χ4v) is 2.18. The highest BCUT2D eigenvalue weighted by molar-refractivity contribution is 5.44. The molecule has 2 aromatic rings. The summed E-state index contributed by atoms with van der Waals surface area (Å²) in [4.78, 5) is 8.72. The van der Waals surface area contributed by atoms with Crippen molar-refractivity contribution in [3.05, 3.63) is 41.2 Å². The zero-order chi connectivity index (χ0) is 13.9. The lowest BCUT2D eigenvalue weighted by molar-refractivity contribution is 0.171. The number of fused-ring (bicyclic) bond motifs is 1. The summed E-state index contributed by atoms with van der Waals surface area (Å²) in [6.07, 6.45) is 0. The standard InChI is InChI=1S/C15H17N3O2/c1-10-7-11(2)18-15(17-10)16-9-12-3-4-13-14(8-12)20-6-5-19-13/h3-4,7-8H,5-6,9H2,1-2H3,(H,16,17,18). The van der Waals surface area contributed by atoms with E-state index in [9.17, 15) is 0 Å². The minimum Gasteiger partial charge on any atom is -0.486 e. The van der Waals surface area contributed by atoms with Gasteiger partial charge >= 0.3 is 0 Å². The van der Waals surface area contributed by atoms with Gasteiger partial charge in [-0.25, -0.2) is 9.97 Å². The summed E-state index contributed by atoms with van der Waals surface area (Å²) in [5.74, 6) is 2.26. The maximum Gasteiger partial charge on any atom is 0.223 e. The average Bonchev–Trinajstić information content (AvgIpc) is 2.44. The van der Waals surface area contributed by atoms with Gasteiger partial charge in [0.15, 0.2) is 11.5 Å². The first-order valence-corrected chi connectivity index (χ1v) is 6.65. The molecule has 20 heavy (non-hydrogen) atoms. The first-order valence-electron chi connectivity index (χ1n) is 6.65. The minimum atomic E-state index is 0.601. The molecule has 1 aliphatic heterocycles. The van der Waals surface area contributed by atoms with Crippen molar-refractivity contribution in [3.8, 4) is 11.5 Å². The van der Waals surface area contributed by atoms with E-state index in [2.05, 4.69) is 15.3 Å². The molecule has 1 N–H and O–H groups in total. The highest BCUT2D eigenvalue weighted by Crippen LogP contribution is 2.30. The van der Waals surface area contributed by atoms with Gasteiger partial charge in [-0.15, -0.1) is 0 Å². The van der Waals surface area contributed by atoms with Gasteiger partial charge in [-0.3, -0.25) is 0 Å². The van der Waals surface area contributed by atoms with Crippen molar-refractivity contribution in [1.82, 2.24) is 9.97 Å². The van der Waals surface area contributed by atoms with Crippen molar-refractivity contribution >= 4 is 5.95 Å². The van der Waals surface area contributed by atoms with Crippen LogP contribution in [-0.2, 0) is 6.54 Å². The van der Waals surface area contributed by atoms with Crippen molar-refractivity contribution < 1.29 is 9.47 Å². The maximum atomic E-state index is 5.57. The van der Waals surface area contributed by atoms with Gasteiger partial charge in [0.25, 0.3) is 0 Å². The Kier molecular flexibility index (Phi) is 3.41. The fraction of sp³-hybridized carbons (Fsp3) is 0.333. The second-order valence-electron chi connectivity index (χ2n) is 4.81. The number of aryl methyl sites for hydroxylation is 2. The van der Waals surface area contributed by atoms with Crippen molar-refractivity contribution in [2.75, 3.05) is 18.5 Å². The van der Waals surface area contributed by atoms with Crippen LogP contribution in [0.25, 0.3) is 0 Å². The molecule has 0 bridgehead atoms. The number of rotatable bonds is 3. The number of nitrogens with one attached hydrogen (secondary N) is 1. The number of ether oxygens (including phenoxy) is 2. The van der Waals surface area contributed by atoms with Gasteiger partial charge in [-0.2, -0.15) is 0 Å². The summed E-state index contributed by atoms with van der Waals surface area (Å²) in [7, 11) is 0. The Morgan fingerprint density at radius 2 is 1.70 bits per heavy atom. The second kappa shape index (κ2) is 5.36. The smallest absolute Gasteiger partial charge is 0.223 e. The number of benzene rings is 1. The molecule has 2 heterocycles. The molecule has 0 spiro atoms. The van der Waals surface area contributed by atoms with Crippen LogP contribution in [0.3, 0.4) is 0 Å². The molecule has 0 saturated heterocycles. The molecule has 0 aliphatic carbocycles. The molecule has 0 radical (unpaired) electrons. The zero-order valence-corrected chi connectivity index (χ0v) is 11.6. The lowest BCUT2D eigenvalue weighted by Gasteiger charge is -2.19. The molecule has 0 saturated carbocycles. The van der Waals surface area contributed by atoms with E-state index in [1.54, 1.807) is 0 Å². The maximum absolute atomic E-state index is 5.57. The average molecular weight is 271 g/mol. The number of anilines is 1. The van der Waals surface area contributed by atoms with E-state index in [1.807, 2.05) is 38.1 Å². The van der Waals surface area contributed by atoms with E-state index in [0.717, 1.165) is 28.5 Å². The van der Waals surface area contributed by atoms with Gasteiger partial charge in [0.05, 0.1) is 0 Å². The Balaban J connectivity index is 1.71. The fourth-order valence-electron chi connectivity index (χ4n) is 2.18. The van der Waals surface area contributed by atoms with Gasteiger partial charge in [0, 0.05) is 17.9 Å². The summed E-state index contributed by atoms with van der Waals surface area (Å²) in [5, 5.41) is 3.23. The molecular weight excluding hydrogens is 254 g/mol. The van der Waals surface area contributed by atoms with Crippen LogP contribution in [0, 0.1) is 13.8 Å². The predicted molar refractivity (Wildman–Crippen MR) is 76.3 cm³/mol. The summed E-state index contributed by atoms with van der Waals surface area (Å²) in [6, 6.07) is 7.90. The van der Waals surface area contributed by atoms with Crippen LogP contribution in [0.4, 0.5) is 5.95 Å². The highest BCUT2D eigenvalue weighted by atomic mass is 16.6. The number of nitrogens with zero attached hydrogens (tertiary/aromatic N) is 2. The van der Waals surface area contributed by atoms with Crippen LogP contribution in [-0.4, -0.2) is 23.2 Å². The third kappa shape index (κ3) is 2.82. The zero-order valence-electron chi connectivity index (χ0n) is 11.6. The van der Waals surface area contributed by atoms with Gasteiger partial charge in [-0.1, -0.05) is 6.07 Å². The van der Waals surface area contributed by atoms with Crippen molar-refractivity contribution in [1.29, 1.82) is 0 Å². The van der Waals surface area contributed by atoms with E-state index in [0.29, 0.717) is 25.7 Å². The Morgan fingerprint density at radius 1 is 1.00 bits per heavy atom. The van der Waals surface area contributed by atoms with Crippen LogP contribution >= 0.6 is 0 Å².